The van der Waals surface area contributed by atoms with Crippen LogP contribution >= 0.6 is 0 Å². The van der Waals surface area contributed by atoms with Crippen LogP contribution in [0.2, 0.25) is 0 Å². The number of carbonyl (C=O) groups is 1. The normalized spacial score (nSPS) is 45.8. The van der Waals surface area contributed by atoms with Gasteiger partial charge in [-0.15, -0.1) is 0 Å². The maximum atomic E-state index is 11.3. The fraction of sp³-hybridized carbons (Fsp3) is 0.792. The van der Waals surface area contributed by atoms with Gasteiger partial charge < -0.3 is 19.7 Å². The van der Waals surface area contributed by atoms with Gasteiger partial charge in [0.1, 0.15) is 5.60 Å². The van der Waals surface area contributed by atoms with Gasteiger partial charge in [0.25, 0.3) is 0 Å². The Morgan fingerprint density at radius 1 is 1.10 bits per heavy atom. The number of carboxylic acid groups (broad SMARTS) is 1. The molecule has 0 unspecified atom stereocenters. The van der Waals surface area contributed by atoms with Crippen LogP contribution in [0.3, 0.4) is 0 Å². The van der Waals surface area contributed by atoms with E-state index >= 15 is 0 Å². The second-order valence-electron chi connectivity index (χ2n) is 10.5. The third-order valence-electron chi connectivity index (χ3n) is 9.45. The molecule has 1 aliphatic heterocycles. The van der Waals surface area contributed by atoms with Gasteiger partial charge in [0, 0.05) is 24.2 Å². The molecule has 0 aromatic heterocycles. The Bertz CT molecular complexity index is 821. The number of hydrogen-bond donors (Lipinski definition) is 2. The van der Waals surface area contributed by atoms with Crippen molar-refractivity contribution in [3.05, 3.63) is 11.6 Å². The van der Waals surface area contributed by atoms with Crippen molar-refractivity contribution in [1.82, 2.24) is 0 Å². The molecule has 0 aromatic rings. The van der Waals surface area contributed by atoms with Gasteiger partial charge in [-0.1, -0.05) is 31.4 Å². The number of aliphatic hydroxyl groups is 1. The topological polar surface area (TPSA) is 76.0 Å². The van der Waals surface area contributed by atoms with E-state index in [0.29, 0.717) is 37.4 Å². The molecule has 1 saturated heterocycles. The Kier molecular flexibility index (Phi) is 5.53. The van der Waals surface area contributed by atoms with Gasteiger partial charge >= 0.3 is 24.8 Å². The molecule has 2 N–H and O–H groups in total. The maximum absolute atomic E-state index is 11.3. The molecule has 5 nitrogen and oxygen atoms in total. The fourth-order valence-electron chi connectivity index (χ4n) is 7.73. The van der Waals surface area contributed by atoms with Crippen molar-refractivity contribution < 1.29 is 24.5 Å². The summed E-state index contributed by atoms with van der Waals surface area (Å²) in [7, 11) is 0. The summed E-state index contributed by atoms with van der Waals surface area (Å²) in [6.07, 6.45) is 9.90. The molecule has 1 spiro atoms. The van der Waals surface area contributed by atoms with E-state index in [1.54, 1.807) is 0 Å². The summed E-state index contributed by atoms with van der Waals surface area (Å²) in [5.74, 6) is 4.94. The molecule has 6 atom stereocenters. The van der Waals surface area contributed by atoms with Crippen LogP contribution in [0.15, 0.2) is 11.6 Å². The summed E-state index contributed by atoms with van der Waals surface area (Å²) < 4.78 is 12.0. The Hall–Kier alpha value is -0.753. The molecule has 1 heterocycles. The average Bonchev–Trinajstić information content (AvgIpc) is 3.24. The molecule has 0 amide bonds. The van der Waals surface area contributed by atoms with Gasteiger partial charge in [0.2, 0.25) is 0 Å². The molecule has 30 heavy (non-hydrogen) atoms. The first-order valence-electron chi connectivity index (χ1n) is 11.2. The van der Waals surface area contributed by atoms with Gasteiger partial charge in [-0.3, -0.25) is 0 Å². The zero-order valence-corrected chi connectivity index (χ0v) is 17.5. The number of allylic oxidation sites excluding steroid dienone is 1. The molecule has 5 rings (SSSR count). The molecule has 6 heteroatoms. The number of carboxylic acids is 1. The monoisotopic (exact) mass is 408 g/mol. The van der Waals surface area contributed by atoms with Gasteiger partial charge in [-0.25, -0.2) is 4.79 Å². The van der Waals surface area contributed by atoms with Crippen molar-refractivity contribution in [2.24, 2.45) is 28.6 Å². The quantitative estimate of drug-likeness (QED) is 0.366. The number of ether oxygens (including phenoxy) is 2. The minimum atomic E-state index is -1.19. The Balaban J connectivity index is 0.00000218. The third kappa shape index (κ3) is 3.07. The summed E-state index contributed by atoms with van der Waals surface area (Å²) in [4.78, 5) is 11.0. The molecule has 4 aliphatic carbocycles. The third-order valence-corrected chi connectivity index (χ3v) is 9.45. The first-order valence-corrected chi connectivity index (χ1v) is 11.2. The molecule has 3 saturated carbocycles. The molecule has 0 aromatic carbocycles. The Labute approximate surface area is 191 Å². The first-order chi connectivity index (χ1) is 13.7. The molecule has 160 valence electrons. The summed E-state index contributed by atoms with van der Waals surface area (Å²) >= 11 is 0. The molecular formula is C24H33LiO5. The van der Waals surface area contributed by atoms with Crippen molar-refractivity contribution in [3.8, 4) is 11.8 Å². The van der Waals surface area contributed by atoms with Gasteiger partial charge in [0.05, 0.1) is 13.2 Å². The minimum absolute atomic E-state index is 0. The number of hydrogen-bond acceptors (Lipinski definition) is 4. The molecule has 0 radical (unpaired) electrons. The van der Waals surface area contributed by atoms with Crippen molar-refractivity contribution in [2.45, 2.75) is 76.6 Å². The van der Waals surface area contributed by atoms with Gasteiger partial charge in [-0.2, -0.15) is 0 Å². The van der Waals surface area contributed by atoms with Crippen LogP contribution in [-0.4, -0.2) is 59.6 Å². The van der Waals surface area contributed by atoms with Gasteiger partial charge in [0.15, 0.2) is 5.79 Å². The van der Waals surface area contributed by atoms with Crippen LogP contribution in [0.5, 0.6) is 0 Å². The van der Waals surface area contributed by atoms with E-state index in [2.05, 4.69) is 31.8 Å². The first kappa shape index (κ1) is 22.4. The van der Waals surface area contributed by atoms with Gasteiger partial charge in [-0.05, 0) is 61.7 Å². The predicted octanol–water partition coefficient (Wildman–Crippen LogP) is 2.86. The van der Waals surface area contributed by atoms with E-state index in [1.807, 2.05) is 0 Å². The molecule has 5 aliphatic rings. The van der Waals surface area contributed by atoms with Crippen molar-refractivity contribution >= 4 is 24.8 Å². The Morgan fingerprint density at radius 2 is 1.80 bits per heavy atom. The van der Waals surface area contributed by atoms with Crippen molar-refractivity contribution in [1.29, 1.82) is 0 Å². The second-order valence-corrected chi connectivity index (χ2v) is 10.5. The van der Waals surface area contributed by atoms with E-state index in [-0.39, 0.29) is 35.5 Å². The fourth-order valence-corrected chi connectivity index (χ4v) is 7.73. The number of aliphatic carboxylic acids is 1. The second kappa shape index (κ2) is 7.40. The zero-order valence-electron chi connectivity index (χ0n) is 17.5. The van der Waals surface area contributed by atoms with Crippen molar-refractivity contribution in [3.63, 3.8) is 0 Å². The average molecular weight is 408 g/mol. The SMILES string of the molecule is C[C@]12CCC3(CC1=CC[C@@H]1[C@@H]2CC[C@@]2(C)[C@H]1CC[C@@]2(O)C#CC(=O)O)OCCO3.[LiH]. The summed E-state index contributed by atoms with van der Waals surface area (Å²) in [6.45, 7) is 5.99. The molecular weight excluding hydrogens is 375 g/mol. The van der Waals surface area contributed by atoms with Crippen LogP contribution in [0, 0.1) is 40.4 Å². The summed E-state index contributed by atoms with van der Waals surface area (Å²) in [5.41, 5.74) is 0.174. The number of rotatable bonds is 0. The number of fused-ring (bicyclic) bond motifs is 5. The van der Waals surface area contributed by atoms with Crippen LogP contribution in [0.4, 0.5) is 0 Å². The zero-order chi connectivity index (χ0) is 20.5. The Morgan fingerprint density at radius 3 is 2.50 bits per heavy atom. The van der Waals surface area contributed by atoms with Crippen LogP contribution in [0.25, 0.3) is 0 Å². The van der Waals surface area contributed by atoms with E-state index < -0.39 is 11.6 Å². The van der Waals surface area contributed by atoms with Crippen LogP contribution in [0.1, 0.15) is 65.2 Å². The van der Waals surface area contributed by atoms with E-state index in [4.69, 9.17) is 14.6 Å². The van der Waals surface area contributed by atoms with E-state index in [0.717, 1.165) is 44.9 Å². The summed E-state index contributed by atoms with van der Waals surface area (Å²) in [6, 6.07) is 0. The summed E-state index contributed by atoms with van der Waals surface area (Å²) in [5, 5.41) is 20.3. The van der Waals surface area contributed by atoms with Crippen LogP contribution < -0.4 is 0 Å². The molecule has 4 fully saturated rings. The van der Waals surface area contributed by atoms with E-state index in [9.17, 15) is 9.90 Å². The van der Waals surface area contributed by atoms with Crippen LogP contribution in [-0.2, 0) is 14.3 Å². The standard InChI is InChI=1S/C24H32O5.Li.H/c1-21-11-12-24(28-13-14-29-24)15-16(21)3-4-17-18(21)5-8-22(2)19(17)6-9-23(22,27)10-7-20(25)26;;/h3,17-19,27H,4-6,8-9,11-15H2,1-2H3,(H,25,26);;/t17-,18+,19+,21+,22+,23-;;/m1../s1. The predicted molar refractivity (Wildman–Crippen MR) is 114 cm³/mol. The van der Waals surface area contributed by atoms with E-state index in [1.165, 1.54) is 5.57 Å². The van der Waals surface area contributed by atoms with Crippen molar-refractivity contribution in [2.75, 3.05) is 13.2 Å². The molecule has 0 bridgehead atoms.